The van der Waals surface area contributed by atoms with Gasteiger partial charge in [0.05, 0.1) is 5.69 Å². The number of nitrogens with one attached hydrogen (secondary N) is 1. The Hall–Kier alpha value is -2.43. The van der Waals surface area contributed by atoms with E-state index in [1.54, 1.807) is 0 Å². The topological polar surface area (TPSA) is 58.1 Å². The van der Waals surface area contributed by atoms with Crippen LogP contribution in [0.5, 0.6) is 0 Å². The van der Waals surface area contributed by atoms with Crippen LogP contribution in [0.1, 0.15) is 51.9 Å². The summed E-state index contributed by atoms with van der Waals surface area (Å²) in [6, 6.07) is 14.1. The lowest BCUT2D eigenvalue weighted by molar-refractivity contribution is -0.125. The molecule has 0 bridgehead atoms. The van der Waals surface area contributed by atoms with Gasteiger partial charge in [-0.3, -0.25) is 4.79 Å². The Kier molecular flexibility index (Phi) is 7.82. The normalized spacial score (nSPS) is 14.8. The molecule has 2 heterocycles. The van der Waals surface area contributed by atoms with E-state index >= 15 is 0 Å². The minimum Gasteiger partial charge on any atom is -0.356 e. The van der Waals surface area contributed by atoms with Crippen LogP contribution in [0.3, 0.4) is 0 Å². The van der Waals surface area contributed by atoms with Crippen LogP contribution < -0.4 is 10.2 Å². The van der Waals surface area contributed by atoms with Gasteiger partial charge >= 0.3 is 0 Å². The third-order valence-electron chi connectivity index (χ3n) is 5.49. The number of amides is 1. The summed E-state index contributed by atoms with van der Waals surface area (Å²) in [6.45, 7) is 4.74. The van der Waals surface area contributed by atoms with Crippen LogP contribution in [0.4, 0.5) is 5.82 Å². The molecule has 1 aromatic heterocycles. The fraction of sp³-hybridized carbons (Fsp3) is 0.522. The summed E-state index contributed by atoms with van der Waals surface area (Å²) < 4.78 is 0. The molecule has 0 aliphatic carbocycles. The highest BCUT2D eigenvalue weighted by Gasteiger charge is 2.25. The second-order valence-electron chi connectivity index (χ2n) is 7.61. The number of hydrogen-bond donors (Lipinski definition) is 1. The van der Waals surface area contributed by atoms with Crippen LogP contribution in [0, 0.1) is 5.92 Å². The summed E-state index contributed by atoms with van der Waals surface area (Å²) in [4.78, 5) is 14.6. The van der Waals surface area contributed by atoms with Crippen molar-refractivity contribution in [2.45, 2.75) is 51.9 Å². The second-order valence-corrected chi connectivity index (χ2v) is 7.61. The zero-order chi connectivity index (χ0) is 19.6. The third-order valence-corrected chi connectivity index (χ3v) is 5.49. The lowest BCUT2D eigenvalue weighted by Crippen LogP contribution is -2.41. The van der Waals surface area contributed by atoms with Crippen LogP contribution in [0.15, 0.2) is 42.5 Å². The minimum absolute atomic E-state index is 0.128. The van der Waals surface area contributed by atoms with E-state index in [9.17, 15) is 4.79 Å². The molecule has 0 spiro atoms. The van der Waals surface area contributed by atoms with Gasteiger partial charge in [-0.05, 0) is 31.4 Å². The summed E-state index contributed by atoms with van der Waals surface area (Å²) >= 11 is 0. The second kappa shape index (κ2) is 10.8. The highest BCUT2D eigenvalue weighted by molar-refractivity contribution is 5.78. The molecule has 0 radical (unpaired) electrons. The number of benzene rings is 1. The van der Waals surface area contributed by atoms with Crippen molar-refractivity contribution in [3.8, 4) is 11.3 Å². The highest BCUT2D eigenvalue weighted by Crippen LogP contribution is 2.23. The molecule has 1 aliphatic heterocycles. The minimum atomic E-state index is 0.128. The summed E-state index contributed by atoms with van der Waals surface area (Å²) in [5, 5.41) is 11.9. The molecule has 0 saturated carbocycles. The van der Waals surface area contributed by atoms with Gasteiger partial charge in [0.25, 0.3) is 0 Å². The fourth-order valence-electron chi connectivity index (χ4n) is 3.71. The summed E-state index contributed by atoms with van der Waals surface area (Å²) in [5.74, 6) is 1.25. The van der Waals surface area contributed by atoms with Gasteiger partial charge in [0, 0.05) is 31.1 Å². The zero-order valence-electron chi connectivity index (χ0n) is 16.9. The van der Waals surface area contributed by atoms with E-state index in [2.05, 4.69) is 27.3 Å². The van der Waals surface area contributed by atoms with Gasteiger partial charge in [-0.25, -0.2) is 0 Å². The predicted octanol–water partition coefficient (Wildman–Crippen LogP) is 4.45. The van der Waals surface area contributed by atoms with Gasteiger partial charge in [0.2, 0.25) is 5.91 Å². The number of nitrogens with zero attached hydrogens (tertiary/aromatic N) is 3. The molecule has 1 fully saturated rings. The SMILES string of the molecule is CCCCCCCNC(=O)C1CCN(c2ccc(-c3ccccc3)nn2)CC1. The van der Waals surface area contributed by atoms with Crippen molar-refractivity contribution < 1.29 is 4.79 Å². The standard InChI is InChI=1S/C23H32N4O/c1-2-3-4-5-9-16-24-23(28)20-14-17-27(18-15-20)22-13-12-21(25-26-22)19-10-7-6-8-11-19/h6-8,10-13,20H,2-5,9,14-18H2,1H3,(H,24,28). The first-order chi connectivity index (χ1) is 13.8. The number of anilines is 1. The van der Waals surface area contributed by atoms with Crippen molar-refractivity contribution >= 4 is 11.7 Å². The van der Waals surface area contributed by atoms with Crippen LogP contribution in [0.25, 0.3) is 11.3 Å². The molecule has 3 rings (SSSR count). The summed E-state index contributed by atoms with van der Waals surface area (Å²) in [6.07, 6.45) is 7.88. The quantitative estimate of drug-likeness (QED) is 0.653. The smallest absolute Gasteiger partial charge is 0.223 e. The number of piperidine rings is 1. The van der Waals surface area contributed by atoms with Gasteiger partial charge in [-0.15, -0.1) is 10.2 Å². The maximum absolute atomic E-state index is 12.4. The molecule has 2 aromatic rings. The molecular formula is C23H32N4O. The Morgan fingerprint density at radius 1 is 1.00 bits per heavy atom. The molecule has 1 aromatic carbocycles. The highest BCUT2D eigenvalue weighted by atomic mass is 16.1. The molecule has 28 heavy (non-hydrogen) atoms. The maximum Gasteiger partial charge on any atom is 0.223 e. The van der Waals surface area contributed by atoms with Crippen LogP contribution in [-0.4, -0.2) is 35.7 Å². The Bertz CT molecular complexity index is 709. The first-order valence-electron chi connectivity index (χ1n) is 10.7. The van der Waals surface area contributed by atoms with Crippen molar-refractivity contribution in [1.29, 1.82) is 0 Å². The van der Waals surface area contributed by atoms with Crippen molar-refractivity contribution in [1.82, 2.24) is 15.5 Å². The molecule has 5 heteroatoms. The Morgan fingerprint density at radius 3 is 2.43 bits per heavy atom. The molecule has 1 saturated heterocycles. The average molecular weight is 381 g/mol. The van der Waals surface area contributed by atoms with E-state index in [1.807, 2.05) is 42.5 Å². The van der Waals surface area contributed by atoms with E-state index in [0.717, 1.165) is 56.0 Å². The Labute approximate surface area is 168 Å². The van der Waals surface area contributed by atoms with Crippen molar-refractivity contribution in [2.75, 3.05) is 24.5 Å². The summed E-state index contributed by atoms with van der Waals surface area (Å²) in [5.41, 5.74) is 1.96. The lowest BCUT2D eigenvalue weighted by atomic mass is 9.96. The first kappa shape index (κ1) is 20.3. The molecule has 0 unspecified atom stereocenters. The molecule has 150 valence electrons. The van der Waals surface area contributed by atoms with Crippen LogP contribution >= 0.6 is 0 Å². The van der Waals surface area contributed by atoms with Gasteiger partial charge < -0.3 is 10.2 Å². The van der Waals surface area contributed by atoms with Gasteiger partial charge in [0.15, 0.2) is 5.82 Å². The lowest BCUT2D eigenvalue weighted by Gasteiger charge is -2.31. The van der Waals surface area contributed by atoms with Crippen LogP contribution in [-0.2, 0) is 4.79 Å². The fourth-order valence-corrected chi connectivity index (χ4v) is 3.71. The van der Waals surface area contributed by atoms with Crippen molar-refractivity contribution in [3.05, 3.63) is 42.5 Å². The first-order valence-corrected chi connectivity index (χ1v) is 10.7. The molecular weight excluding hydrogens is 348 g/mol. The maximum atomic E-state index is 12.4. The number of rotatable bonds is 9. The zero-order valence-corrected chi connectivity index (χ0v) is 16.9. The van der Waals surface area contributed by atoms with Gasteiger partial charge in [0.1, 0.15) is 0 Å². The third kappa shape index (κ3) is 5.78. The van der Waals surface area contributed by atoms with E-state index in [-0.39, 0.29) is 11.8 Å². The Morgan fingerprint density at radius 2 is 1.75 bits per heavy atom. The monoisotopic (exact) mass is 380 g/mol. The molecule has 0 atom stereocenters. The predicted molar refractivity (Wildman–Crippen MR) is 114 cm³/mol. The van der Waals surface area contributed by atoms with Gasteiger partial charge in [-0.2, -0.15) is 0 Å². The largest absolute Gasteiger partial charge is 0.356 e. The number of carbonyl (C=O) groups excluding carboxylic acids is 1. The number of carbonyl (C=O) groups is 1. The number of unbranched alkanes of at least 4 members (excludes halogenated alkanes) is 4. The molecule has 1 amide bonds. The molecule has 5 nitrogen and oxygen atoms in total. The van der Waals surface area contributed by atoms with E-state index < -0.39 is 0 Å². The number of hydrogen-bond acceptors (Lipinski definition) is 4. The van der Waals surface area contributed by atoms with E-state index in [1.165, 1.54) is 25.7 Å². The van der Waals surface area contributed by atoms with E-state index in [4.69, 9.17) is 0 Å². The average Bonchev–Trinajstić information content (AvgIpc) is 2.77. The Balaban J connectivity index is 1.42. The van der Waals surface area contributed by atoms with Crippen molar-refractivity contribution in [3.63, 3.8) is 0 Å². The van der Waals surface area contributed by atoms with Crippen LogP contribution in [0.2, 0.25) is 0 Å². The van der Waals surface area contributed by atoms with Gasteiger partial charge in [-0.1, -0.05) is 62.9 Å². The number of aromatic nitrogens is 2. The molecule has 1 N–H and O–H groups in total. The summed E-state index contributed by atoms with van der Waals surface area (Å²) in [7, 11) is 0. The van der Waals surface area contributed by atoms with E-state index in [0.29, 0.717) is 0 Å². The molecule has 1 aliphatic rings. The van der Waals surface area contributed by atoms with Crippen molar-refractivity contribution in [2.24, 2.45) is 5.92 Å².